The van der Waals surface area contributed by atoms with Gasteiger partial charge < -0.3 is 62.2 Å². The summed E-state index contributed by atoms with van der Waals surface area (Å²) in [5.74, 6) is -7.08. The molecule has 70 heavy (non-hydrogen) atoms. The van der Waals surface area contributed by atoms with Gasteiger partial charge in [-0.1, -0.05) is 60.7 Å². The van der Waals surface area contributed by atoms with Crippen LogP contribution >= 0.6 is 0 Å². The molecule has 0 radical (unpaired) electrons. The maximum atomic E-state index is 13.2. The molecule has 11 atom stereocenters. The molecule has 0 spiro atoms. The summed E-state index contributed by atoms with van der Waals surface area (Å²) >= 11 is 0. The van der Waals surface area contributed by atoms with Gasteiger partial charge in [0.25, 0.3) is 0 Å². The van der Waals surface area contributed by atoms with Crippen molar-refractivity contribution in [1.82, 2.24) is 5.32 Å². The third-order valence-electron chi connectivity index (χ3n) is 11.1. The van der Waals surface area contributed by atoms with E-state index >= 15 is 0 Å². The van der Waals surface area contributed by atoms with Gasteiger partial charge in [0.05, 0.1) is 7.11 Å². The number of benzene rings is 2. The van der Waals surface area contributed by atoms with E-state index in [9.17, 15) is 43.2 Å². The summed E-state index contributed by atoms with van der Waals surface area (Å²) in [6, 6.07) is 14.4. The number of methoxy groups -OCH3 is 1. The molecule has 380 valence electrons. The number of esters is 8. The van der Waals surface area contributed by atoms with Crippen molar-refractivity contribution >= 4 is 53.8 Å². The Morgan fingerprint density at radius 2 is 0.986 bits per heavy atom. The molecule has 2 aliphatic heterocycles. The summed E-state index contributed by atoms with van der Waals surface area (Å²) in [5.41, 5.74) is 4.05. The van der Waals surface area contributed by atoms with Crippen LogP contribution in [0.3, 0.4) is 0 Å². The lowest BCUT2D eigenvalue weighted by molar-refractivity contribution is -0.344. The fourth-order valence-electron chi connectivity index (χ4n) is 8.39. The second-order valence-electron chi connectivity index (χ2n) is 16.3. The van der Waals surface area contributed by atoms with Gasteiger partial charge >= 0.3 is 53.8 Å². The van der Waals surface area contributed by atoms with E-state index in [-0.39, 0.29) is 25.4 Å². The van der Waals surface area contributed by atoms with Crippen LogP contribution in [0.4, 0.5) is 4.79 Å². The minimum absolute atomic E-state index is 0.0173. The Hall–Kier alpha value is -6.91. The first-order chi connectivity index (χ1) is 33.3. The van der Waals surface area contributed by atoms with Crippen molar-refractivity contribution in [3.05, 3.63) is 71.8 Å². The van der Waals surface area contributed by atoms with Crippen molar-refractivity contribution in [1.29, 1.82) is 0 Å². The van der Waals surface area contributed by atoms with Crippen molar-refractivity contribution in [3.63, 3.8) is 0 Å². The molecule has 1 N–H and O–H groups in total. The van der Waals surface area contributed by atoms with Gasteiger partial charge in [0.1, 0.15) is 50.3 Å². The van der Waals surface area contributed by atoms with Crippen molar-refractivity contribution in [2.75, 3.05) is 26.9 Å². The van der Waals surface area contributed by atoms with Crippen molar-refractivity contribution in [3.8, 4) is 11.1 Å². The SMILES string of the molecule is COC(=O)[C@H](C/C=C/C[C@H]1O[C@H](COC(C)=O)[C@@H](O[C@@H]2O[C@H](COC(C)=O)[C@H](OC(C)=O)[C@H](OC(C)=O)[C@H]2OC(C)=O)[C@H](OC(C)=O)[C@H]1OC(C)=O)NC(=O)OCC1c2ccccc2-c2ccccc21. The quantitative estimate of drug-likeness (QED) is 0.120. The Morgan fingerprint density at radius 3 is 1.49 bits per heavy atom. The molecule has 2 saturated heterocycles. The van der Waals surface area contributed by atoms with Crippen LogP contribution < -0.4 is 5.32 Å². The maximum absolute atomic E-state index is 13.2. The number of nitrogens with one attached hydrogen (secondary N) is 1. The van der Waals surface area contributed by atoms with E-state index in [4.69, 9.17) is 56.8 Å². The second kappa shape index (κ2) is 25.1. The molecule has 2 heterocycles. The number of alkyl carbamates (subject to hydrolysis) is 1. The van der Waals surface area contributed by atoms with E-state index in [0.717, 1.165) is 77.8 Å². The van der Waals surface area contributed by atoms with Gasteiger partial charge in [-0.25, -0.2) is 9.59 Å². The number of ether oxygens (including phenoxy) is 12. The summed E-state index contributed by atoms with van der Waals surface area (Å²) in [6.45, 7) is 6.22. The van der Waals surface area contributed by atoms with Crippen molar-refractivity contribution in [2.45, 2.75) is 134 Å². The van der Waals surface area contributed by atoms with Gasteiger partial charge in [0.15, 0.2) is 36.8 Å². The lowest BCUT2D eigenvalue weighted by atomic mass is 9.92. The number of carbonyl (C=O) groups excluding carboxylic acids is 9. The van der Waals surface area contributed by atoms with E-state index in [1.54, 1.807) is 0 Å². The van der Waals surface area contributed by atoms with Crippen LogP contribution in [0.1, 0.15) is 78.4 Å². The third-order valence-corrected chi connectivity index (χ3v) is 11.1. The summed E-state index contributed by atoms with van der Waals surface area (Å²) in [6.07, 6.45) is -13.7. The highest BCUT2D eigenvalue weighted by atomic mass is 16.8. The zero-order chi connectivity index (χ0) is 51.2. The second-order valence-corrected chi connectivity index (χ2v) is 16.3. The standard InChI is InChI=1S/C48H57NO21/c1-24(50)60-22-38-42(70-47-45(67-30(7)56)44(66-29(6)55)41(64-27(4)53)39(69-47)23-61-25(2)51)43(65-28(5)54)40(63-26(3)52)37(68-38)20-14-13-19-36(46(57)59-8)49-48(58)62-21-35-33-17-11-9-15-31(33)32-16-10-12-18-34(32)35/h9-18,35-45,47H,19-23H2,1-8H3,(H,49,58)/b14-13+/t36-,37+,38+,39+,40-,41-,42+,43+,44-,45+,47-/m0/s1. The predicted octanol–water partition coefficient (Wildman–Crippen LogP) is 3.07. The Balaban J connectivity index is 1.40. The van der Waals surface area contributed by atoms with Crippen LogP contribution in [0.5, 0.6) is 0 Å². The smallest absolute Gasteiger partial charge is 0.407 e. The molecule has 2 aromatic rings. The van der Waals surface area contributed by atoms with Gasteiger partial charge in [0.2, 0.25) is 0 Å². The number of fused-ring (bicyclic) bond motifs is 3. The molecule has 0 unspecified atom stereocenters. The average Bonchev–Trinajstić information content (AvgIpc) is 3.61. The van der Waals surface area contributed by atoms with Crippen LogP contribution in [0.25, 0.3) is 11.1 Å². The zero-order valence-electron chi connectivity index (χ0n) is 39.8. The van der Waals surface area contributed by atoms with Crippen LogP contribution in [-0.4, -0.2) is 148 Å². The molecular weight excluding hydrogens is 927 g/mol. The average molecular weight is 984 g/mol. The molecule has 22 nitrogen and oxygen atoms in total. The Bertz CT molecular complexity index is 2230. The maximum Gasteiger partial charge on any atom is 0.407 e. The Kier molecular flexibility index (Phi) is 19.4. The lowest BCUT2D eigenvalue weighted by Crippen LogP contribution is -2.67. The van der Waals surface area contributed by atoms with Gasteiger partial charge in [0, 0.05) is 54.4 Å². The van der Waals surface area contributed by atoms with E-state index in [1.807, 2.05) is 48.5 Å². The van der Waals surface area contributed by atoms with Gasteiger partial charge in [-0.3, -0.25) is 33.6 Å². The van der Waals surface area contributed by atoms with Gasteiger partial charge in [-0.2, -0.15) is 0 Å². The molecule has 1 aliphatic carbocycles. The minimum Gasteiger partial charge on any atom is -0.467 e. The first kappa shape index (κ1) is 54.0. The topological polar surface area (TPSA) is 276 Å². The molecule has 2 aromatic carbocycles. The predicted molar refractivity (Wildman–Crippen MR) is 236 cm³/mol. The Labute approximate surface area is 402 Å². The number of hydrogen-bond acceptors (Lipinski definition) is 21. The van der Waals surface area contributed by atoms with E-state index in [0.29, 0.717) is 0 Å². The van der Waals surface area contributed by atoms with E-state index < -0.39 is 134 Å². The molecule has 22 heteroatoms. The number of hydrogen-bond donors (Lipinski definition) is 1. The number of carbonyl (C=O) groups is 9. The lowest BCUT2D eigenvalue weighted by Gasteiger charge is -2.48. The first-order valence-corrected chi connectivity index (χ1v) is 22.2. The number of amides is 1. The first-order valence-electron chi connectivity index (χ1n) is 22.2. The molecule has 0 aromatic heterocycles. The molecule has 0 saturated carbocycles. The summed E-state index contributed by atoms with van der Waals surface area (Å²) < 4.78 is 67.9. The zero-order valence-corrected chi connectivity index (χ0v) is 39.8. The normalized spacial score (nSPS) is 25.1. The van der Waals surface area contributed by atoms with Gasteiger partial charge in [-0.05, 0) is 35.1 Å². The van der Waals surface area contributed by atoms with Crippen molar-refractivity contribution in [2.24, 2.45) is 0 Å². The fourth-order valence-corrected chi connectivity index (χ4v) is 8.39. The summed E-state index contributed by atoms with van der Waals surface area (Å²) in [7, 11) is 1.15. The Morgan fingerprint density at radius 1 is 0.529 bits per heavy atom. The van der Waals surface area contributed by atoms with E-state index in [2.05, 4.69) is 5.32 Å². The minimum atomic E-state index is -1.85. The van der Waals surface area contributed by atoms with Crippen molar-refractivity contribution < 1.29 is 100.0 Å². The van der Waals surface area contributed by atoms with Crippen LogP contribution in [0, 0.1) is 0 Å². The molecule has 3 aliphatic rings. The highest BCUT2D eigenvalue weighted by Gasteiger charge is 2.57. The van der Waals surface area contributed by atoms with Crippen LogP contribution in [-0.2, 0) is 95.2 Å². The molecule has 5 rings (SSSR count). The highest BCUT2D eigenvalue weighted by Crippen LogP contribution is 2.44. The molecule has 1 amide bonds. The molecule has 2 fully saturated rings. The van der Waals surface area contributed by atoms with E-state index in [1.165, 1.54) is 12.2 Å². The third kappa shape index (κ3) is 14.6. The van der Waals surface area contributed by atoms with Crippen LogP contribution in [0.2, 0.25) is 0 Å². The van der Waals surface area contributed by atoms with Crippen LogP contribution in [0.15, 0.2) is 60.7 Å². The largest absolute Gasteiger partial charge is 0.467 e. The molecule has 0 bridgehead atoms. The molecular formula is C48H57NO21. The highest BCUT2D eigenvalue weighted by molar-refractivity contribution is 5.82. The summed E-state index contributed by atoms with van der Waals surface area (Å²) in [4.78, 5) is 113. The van der Waals surface area contributed by atoms with Gasteiger partial charge in [-0.15, -0.1) is 0 Å². The fraction of sp³-hybridized carbons (Fsp3) is 0.521. The monoisotopic (exact) mass is 983 g/mol. The summed E-state index contributed by atoms with van der Waals surface area (Å²) in [5, 5.41) is 2.55. The number of rotatable bonds is 19.